The smallest absolute Gasteiger partial charge is 0.0594 e. The molecule has 15 heavy (non-hydrogen) atoms. The Morgan fingerprint density at radius 2 is 1.67 bits per heavy atom. The van der Waals surface area contributed by atoms with Crippen LogP contribution in [0.2, 0.25) is 0 Å². The van der Waals surface area contributed by atoms with E-state index in [0.717, 1.165) is 32.8 Å². The van der Waals surface area contributed by atoms with E-state index in [2.05, 4.69) is 48.1 Å². The number of morpholine rings is 1. The molecule has 0 spiro atoms. The zero-order chi connectivity index (χ0) is 10.9. The monoisotopic (exact) mass is 203 g/mol. The van der Waals surface area contributed by atoms with Gasteiger partial charge in [0, 0.05) is 19.6 Å². The first-order chi connectivity index (χ1) is 7.45. The third-order valence-electron chi connectivity index (χ3n) is 2.35. The predicted molar refractivity (Wildman–Crippen MR) is 62.4 cm³/mol. The third-order valence-corrected chi connectivity index (χ3v) is 2.35. The topological polar surface area (TPSA) is 12.5 Å². The summed E-state index contributed by atoms with van der Waals surface area (Å²) in [5, 5.41) is 0. The summed E-state index contributed by atoms with van der Waals surface area (Å²) in [6.45, 7) is 4.95. The summed E-state index contributed by atoms with van der Waals surface area (Å²) in [5.74, 6) is 0. The normalized spacial score (nSPS) is 16.4. The van der Waals surface area contributed by atoms with Gasteiger partial charge in [-0.3, -0.25) is 4.90 Å². The summed E-state index contributed by atoms with van der Waals surface area (Å²) >= 11 is 0. The Morgan fingerprint density at radius 3 is 2.27 bits per heavy atom. The van der Waals surface area contributed by atoms with Crippen LogP contribution in [0.3, 0.4) is 0 Å². The lowest BCUT2D eigenvalue weighted by molar-refractivity contribution is 0.0342. The van der Waals surface area contributed by atoms with Crippen molar-refractivity contribution in [1.29, 1.82) is 0 Å². The molecule has 1 aromatic carbocycles. The van der Waals surface area contributed by atoms with E-state index < -0.39 is 0 Å². The minimum absolute atomic E-state index is 0.882. The first-order valence-corrected chi connectivity index (χ1v) is 5.12. The van der Waals surface area contributed by atoms with Crippen LogP contribution in [0.25, 0.3) is 0 Å². The molecule has 2 rings (SSSR count). The van der Waals surface area contributed by atoms with Gasteiger partial charge in [-0.15, -0.1) is 12.8 Å². The highest BCUT2D eigenvalue weighted by molar-refractivity contribution is 5.14. The Morgan fingerprint density at radius 1 is 1.07 bits per heavy atom. The molecule has 2 nitrogen and oxygen atoms in total. The van der Waals surface area contributed by atoms with Gasteiger partial charge < -0.3 is 4.74 Å². The number of hydrogen-bond donors (Lipinski definition) is 0. The van der Waals surface area contributed by atoms with E-state index >= 15 is 0 Å². The van der Waals surface area contributed by atoms with E-state index in [0.29, 0.717) is 0 Å². The van der Waals surface area contributed by atoms with Gasteiger partial charge >= 0.3 is 0 Å². The fraction of sp³-hybridized carbons (Fsp3) is 0.385. The van der Waals surface area contributed by atoms with Crippen LogP contribution >= 0.6 is 0 Å². The van der Waals surface area contributed by atoms with Crippen LogP contribution in [0.4, 0.5) is 0 Å². The highest BCUT2D eigenvalue weighted by Crippen LogP contribution is 2.05. The lowest BCUT2D eigenvalue weighted by Gasteiger charge is -2.26. The van der Waals surface area contributed by atoms with Gasteiger partial charge in [-0.05, 0) is 5.56 Å². The molecule has 0 bridgehead atoms. The number of ether oxygens (including phenoxy) is 1. The van der Waals surface area contributed by atoms with Gasteiger partial charge in [0.2, 0.25) is 0 Å². The Bertz CT molecular complexity index is 275. The zero-order valence-electron chi connectivity index (χ0n) is 8.93. The molecule has 0 atom stereocenters. The minimum atomic E-state index is 0.882. The fourth-order valence-electron chi connectivity index (χ4n) is 1.60. The highest BCUT2D eigenvalue weighted by atomic mass is 16.5. The first-order valence-electron chi connectivity index (χ1n) is 5.12. The summed E-state index contributed by atoms with van der Waals surface area (Å²) in [7, 11) is 0. The molecule has 1 aliphatic heterocycles. The molecular weight excluding hydrogens is 186 g/mol. The molecule has 0 unspecified atom stereocenters. The predicted octanol–water partition coefficient (Wildman–Crippen LogP) is 1.77. The molecule has 2 heteroatoms. The lowest BCUT2D eigenvalue weighted by Crippen LogP contribution is -2.35. The standard InChI is InChI=1S/C11H15NO.C2H2/c1-2-4-11(5-3-1)10-12-6-8-13-9-7-12;1-2/h1-5H,6-10H2;1-2H. The first kappa shape index (κ1) is 11.8. The minimum Gasteiger partial charge on any atom is -0.379 e. The summed E-state index contributed by atoms with van der Waals surface area (Å²) in [6.07, 6.45) is 8.00. The molecule has 0 aromatic heterocycles. The van der Waals surface area contributed by atoms with E-state index in [4.69, 9.17) is 4.74 Å². The molecule has 1 fully saturated rings. The molecule has 1 saturated heterocycles. The maximum Gasteiger partial charge on any atom is 0.0594 e. The molecule has 0 radical (unpaired) electrons. The molecule has 0 aliphatic carbocycles. The number of rotatable bonds is 2. The Labute approximate surface area is 91.9 Å². The molecule has 0 saturated carbocycles. The second-order valence-corrected chi connectivity index (χ2v) is 3.37. The van der Waals surface area contributed by atoms with Gasteiger partial charge in [0.1, 0.15) is 0 Å². The molecule has 0 N–H and O–H groups in total. The van der Waals surface area contributed by atoms with Crippen LogP contribution in [-0.2, 0) is 11.3 Å². The summed E-state index contributed by atoms with van der Waals surface area (Å²) in [5.41, 5.74) is 1.39. The lowest BCUT2D eigenvalue weighted by atomic mass is 10.2. The van der Waals surface area contributed by atoms with Crippen LogP contribution in [0, 0.1) is 12.8 Å². The fourth-order valence-corrected chi connectivity index (χ4v) is 1.60. The summed E-state index contributed by atoms with van der Waals surface area (Å²) in [4.78, 5) is 2.43. The van der Waals surface area contributed by atoms with Crippen LogP contribution in [0.15, 0.2) is 30.3 Å². The molecule has 80 valence electrons. The van der Waals surface area contributed by atoms with Crippen molar-refractivity contribution < 1.29 is 4.74 Å². The average Bonchev–Trinajstić information content (AvgIpc) is 2.34. The van der Waals surface area contributed by atoms with Gasteiger partial charge in [-0.1, -0.05) is 30.3 Å². The van der Waals surface area contributed by atoms with Crippen molar-refractivity contribution in [3.63, 3.8) is 0 Å². The second kappa shape index (κ2) is 7.05. The van der Waals surface area contributed by atoms with Crippen LogP contribution < -0.4 is 0 Å². The Kier molecular flexibility index (Phi) is 5.54. The number of hydrogen-bond acceptors (Lipinski definition) is 2. The van der Waals surface area contributed by atoms with Gasteiger partial charge in [0.25, 0.3) is 0 Å². The van der Waals surface area contributed by atoms with Gasteiger partial charge in [0.15, 0.2) is 0 Å². The maximum absolute atomic E-state index is 5.30. The third kappa shape index (κ3) is 4.16. The van der Waals surface area contributed by atoms with Crippen LogP contribution in [0.1, 0.15) is 5.56 Å². The number of nitrogens with zero attached hydrogens (tertiary/aromatic N) is 1. The van der Waals surface area contributed by atoms with Gasteiger partial charge in [0.05, 0.1) is 13.2 Å². The summed E-state index contributed by atoms with van der Waals surface area (Å²) < 4.78 is 5.30. The second-order valence-electron chi connectivity index (χ2n) is 3.37. The van der Waals surface area contributed by atoms with Crippen molar-refractivity contribution >= 4 is 0 Å². The highest BCUT2D eigenvalue weighted by Gasteiger charge is 2.09. The van der Waals surface area contributed by atoms with Crippen molar-refractivity contribution in [3.05, 3.63) is 35.9 Å². The van der Waals surface area contributed by atoms with E-state index in [1.165, 1.54) is 5.56 Å². The van der Waals surface area contributed by atoms with Crippen molar-refractivity contribution in [2.24, 2.45) is 0 Å². The molecule has 1 aliphatic rings. The zero-order valence-corrected chi connectivity index (χ0v) is 8.93. The van der Waals surface area contributed by atoms with Crippen molar-refractivity contribution in [2.75, 3.05) is 26.3 Å². The Hall–Kier alpha value is -1.30. The van der Waals surface area contributed by atoms with E-state index in [-0.39, 0.29) is 0 Å². The van der Waals surface area contributed by atoms with Crippen molar-refractivity contribution in [1.82, 2.24) is 4.90 Å². The van der Waals surface area contributed by atoms with Crippen molar-refractivity contribution in [2.45, 2.75) is 6.54 Å². The van der Waals surface area contributed by atoms with E-state index in [1.54, 1.807) is 0 Å². The Balaban J connectivity index is 0.000000531. The molecule has 0 amide bonds. The quantitative estimate of drug-likeness (QED) is 0.679. The summed E-state index contributed by atoms with van der Waals surface area (Å²) in [6, 6.07) is 10.6. The van der Waals surface area contributed by atoms with Crippen LogP contribution in [-0.4, -0.2) is 31.2 Å². The van der Waals surface area contributed by atoms with E-state index in [9.17, 15) is 0 Å². The van der Waals surface area contributed by atoms with Crippen molar-refractivity contribution in [3.8, 4) is 12.8 Å². The molecule has 1 heterocycles. The SMILES string of the molecule is C#C.c1ccc(CN2CCOCC2)cc1. The van der Waals surface area contributed by atoms with Gasteiger partial charge in [-0.25, -0.2) is 0 Å². The van der Waals surface area contributed by atoms with Crippen LogP contribution in [0.5, 0.6) is 0 Å². The van der Waals surface area contributed by atoms with E-state index in [1.807, 2.05) is 0 Å². The van der Waals surface area contributed by atoms with Gasteiger partial charge in [-0.2, -0.15) is 0 Å². The maximum atomic E-state index is 5.30. The molecular formula is C13H17NO. The number of terminal acetylenes is 1. The number of benzene rings is 1. The average molecular weight is 203 g/mol. The largest absolute Gasteiger partial charge is 0.379 e. The molecule has 1 aromatic rings.